The molecule has 3 heteroatoms. The van der Waals surface area contributed by atoms with E-state index in [2.05, 4.69) is 33.4 Å². The Balaban J connectivity index is 3.32. The zero-order valence-corrected chi connectivity index (χ0v) is 10.2. The lowest BCUT2D eigenvalue weighted by atomic mass is 10.2. The van der Waals surface area contributed by atoms with E-state index in [4.69, 9.17) is 0 Å². The zero-order valence-electron chi connectivity index (χ0n) is 10.2. The number of nitrogens with zero attached hydrogens (tertiary/aromatic N) is 1. The van der Waals surface area contributed by atoms with Crippen molar-refractivity contribution in [2.45, 2.75) is 38.8 Å². The van der Waals surface area contributed by atoms with Gasteiger partial charge in [-0.05, 0) is 13.0 Å². The molecule has 0 aromatic carbocycles. The maximum atomic E-state index is 9.59. The first-order chi connectivity index (χ1) is 6.45. The summed E-state index contributed by atoms with van der Waals surface area (Å²) in [7, 11) is 6.43. The summed E-state index contributed by atoms with van der Waals surface area (Å²) in [6.45, 7) is 4.13. The van der Waals surface area contributed by atoms with Crippen molar-refractivity contribution in [3.8, 4) is 0 Å². The van der Waals surface area contributed by atoms with E-state index >= 15 is 0 Å². The zero-order chi connectivity index (χ0) is 11.0. The first kappa shape index (κ1) is 13.9. The average Bonchev–Trinajstić information content (AvgIpc) is 2.08. The summed E-state index contributed by atoms with van der Waals surface area (Å²) in [6, 6.07) is 0. The molecule has 0 aromatic rings. The summed E-state index contributed by atoms with van der Waals surface area (Å²) in [5.74, 6) is 0. The Morgan fingerprint density at radius 2 is 1.86 bits per heavy atom. The van der Waals surface area contributed by atoms with Gasteiger partial charge in [-0.3, -0.25) is 5.32 Å². The average molecular weight is 203 g/mol. The molecule has 0 fully saturated rings. The third kappa shape index (κ3) is 9.96. The van der Waals surface area contributed by atoms with Crippen molar-refractivity contribution in [2.75, 3.05) is 34.2 Å². The van der Waals surface area contributed by atoms with Crippen LogP contribution in [0.25, 0.3) is 0 Å². The van der Waals surface area contributed by atoms with Crippen molar-refractivity contribution in [2.24, 2.45) is 0 Å². The van der Waals surface area contributed by atoms with E-state index in [1.165, 1.54) is 12.8 Å². The van der Waals surface area contributed by atoms with Crippen LogP contribution in [0.3, 0.4) is 0 Å². The van der Waals surface area contributed by atoms with E-state index in [1.54, 1.807) is 0 Å². The van der Waals surface area contributed by atoms with Gasteiger partial charge in [0.1, 0.15) is 6.23 Å². The molecule has 0 saturated carbocycles. The molecule has 14 heavy (non-hydrogen) atoms. The van der Waals surface area contributed by atoms with E-state index in [-0.39, 0.29) is 6.23 Å². The van der Waals surface area contributed by atoms with Gasteiger partial charge in [0.2, 0.25) is 0 Å². The molecule has 0 rings (SSSR count). The monoisotopic (exact) mass is 203 g/mol. The second-order valence-corrected chi connectivity index (χ2v) is 4.98. The molecule has 0 spiro atoms. The third-order valence-electron chi connectivity index (χ3n) is 2.23. The highest BCUT2D eigenvalue weighted by Gasteiger charge is 2.10. The maximum absolute atomic E-state index is 9.59. The first-order valence-electron chi connectivity index (χ1n) is 5.67. The molecule has 0 aliphatic heterocycles. The standard InChI is InChI=1S/C11H27N2O/c1-5-6-7-9-12-11(14)8-10-13(2,3)4/h11-12,14H,5-10H2,1-4H3/q+1. The summed E-state index contributed by atoms with van der Waals surface area (Å²) in [5.41, 5.74) is 0. The molecule has 0 aliphatic carbocycles. The SMILES string of the molecule is CCCCCNC(O)CC[N+](C)(C)C. The third-order valence-corrected chi connectivity index (χ3v) is 2.23. The summed E-state index contributed by atoms with van der Waals surface area (Å²) in [6.07, 6.45) is 4.14. The number of nitrogens with one attached hydrogen (secondary N) is 1. The molecule has 0 radical (unpaired) electrons. The van der Waals surface area contributed by atoms with Crippen molar-refractivity contribution in [3.63, 3.8) is 0 Å². The lowest BCUT2D eigenvalue weighted by Crippen LogP contribution is -2.40. The van der Waals surface area contributed by atoms with Gasteiger partial charge in [-0.1, -0.05) is 19.8 Å². The van der Waals surface area contributed by atoms with Crippen LogP contribution in [0.1, 0.15) is 32.6 Å². The van der Waals surface area contributed by atoms with Crippen molar-refractivity contribution in [1.29, 1.82) is 0 Å². The largest absolute Gasteiger partial charge is 0.378 e. The molecule has 1 unspecified atom stereocenters. The predicted molar refractivity (Wildman–Crippen MR) is 61.1 cm³/mol. The normalized spacial score (nSPS) is 14.4. The lowest BCUT2D eigenvalue weighted by molar-refractivity contribution is -0.871. The Labute approximate surface area is 88.7 Å². The summed E-state index contributed by atoms with van der Waals surface area (Å²) >= 11 is 0. The van der Waals surface area contributed by atoms with Crippen LogP contribution < -0.4 is 5.32 Å². The van der Waals surface area contributed by atoms with E-state index in [0.29, 0.717) is 0 Å². The number of hydrogen-bond donors (Lipinski definition) is 2. The van der Waals surface area contributed by atoms with Gasteiger partial charge in [0.05, 0.1) is 27.7 Å². The number of quaternary nitrogens is 1. The van der Waals surface area contributed by atoms with Gasteiger partial charge in [0.25, 0.3) is 0 Å². The minimum absolute atomic E-state index is 0.329. The quantitative estimate of drug-likeness (QED) is 0.353. The van der Waals surface area contributed by atoms with Gasteiger partial charge in [-0.2, -0.15) is 0 Å². The second-order valence-electron chi connectivity index (χ2n) is 4.98. The van der Waals surface area contributed by atoms with Crippen LogP contribution in [-0.4, -0.2) is 50.0 Å². The molecular weight excluding hydrogens is 176 g/mol. The second kappa shape index (κ2) is 7.21. The Bertz CT molecular complexity index is 132. The van der Waals surface area contributed by atoms with Gasteiger partial charge in [0, 0.05) is 6.42 Å². The highest BCUT2D eigenvalue weighted by Crippen LogP contribution is 1.97. The van der Waals surface area contributed by atoms with Crippen LogP contribution >= 0.6 is 0 Å². The number of aliphatic hydroxyl groups excluding tert-OH is 1. The number of rotatable bonds is 8. The van der Waals surface area contributed by atoms with Crippen molar-refractivity contribution in [3.05, 3.63) is 0 Å². The number of aliphatic hydroxyl groups is 1. The lowest BCUT2D eigenvalue weighted by Gasteiger charge is -2.25. The fourth-order valence-electron chi connectivity index (χ4n) is 1.26. The Morgan fingerprint density at radius 3 is 2.36 bits per heavy atom. The van der Waals surface area contributed by atoms with Crippen LogP contribution in [0.15, 0.2) is 0 Å². The topological polar surface area (TPSA) is 32.3 Å². The highest BCUT2D eigenvalue weighted by molar-refractivity contribution is 4.53. The smallest absolute Gasteiger partial charge is 0.110 e. The Morgan fingerprint density at radius 1 is 1.21 bits per heavy atom. The van der Waals surface area contributed by atoms with Crippen molar-refractivity contribution < 1.29 is 9.59 Å². The molecule has 0 bridgehead atoms. The van der Waals surface area contributed by atoms with E-state index in [0.717, 1.165) is 30.4 Å². The number of unbranched alkanes of at least 4 members (excludes halogenated alkanes) is 2. The fraction of sp³-hybridized carbons (Fsp3) is 1.00. The van der Waals surface area contributed by atoms with Gasteiger partial charge >= 0.3 is 0 Å². The first-order valence-corrected chi connectivity index (χ1v) is 5.67. The van der Waals surface area contributed by atoms with Crippen LogP contribution in [0.5, 0.6) is 0 Å². The van der Waals surface area contributed by atoms with E-state index < -0.39 is 0 Å². The van der Waals surface area contributed by atoms with Crippen LogP contribution in [0.4, 0.5) is 0 Å². The van der Waals surface area contributed by atoms with Gasteiger partial charge in [0.15, 0.2) is 0 Å². The van der Waals surface area contributed by atoms with Crippen LogP contribution in [0.2, 0.25) is 0 Å². The predicted octanol–water partition coefficient (Wildman–Crippen LogP) is 1.18. The molecule has 0 aromatic heterocycles. The Kier molecular flexibility index (Phi) is 7.15. The fourth-order valence-corrected chi connectivity index (χ4v) is 1.26. The van der Waals surface area contributed by atoms with Crippen LogP contribution in [0, 0.1) is 0 Å². The van der Waals surface area contributed by atoms with Crippen molar-refractivity contribution in [1.82, 2.24) is 5.32 Å². The molecular formula is C11H27N2O+. The molecule has 3 nitrogen and oxygen atoms in total. The summed E-state index contributed by atoms with van der Waals surface area (Å²) in [5, 5.41) is 12.7. The molecule has 0 saturated heterocycles. The summed E-state index contributed by atoms with van der Waals surface area (Å²) < 4.78 is 0.910. The molecule has 86 valence electrons. The van der Waals surface area contributed by atoms with Crippen molar-refractivity contribution >= 4 is 0 Å². The molecule has 0 heterocycles. The Hall–Kier alpha value is -0.120. The minimum atomic E-state index is -0.329. The minimum Gasteiger partial charge on any atom is -0.378 e. The van der Waals surface area contributed by atoms with Gasteiger partial charge < -0.3 is 9.59 Å². The molecule has 0 aliphatic rings. The highest BCUT2D eigenvalue weighted by atomic mass is 16.3. The van der Waals surface area contributed by atoms with E-state index in [1.807, 2.05) is 0 Å². The molecule has 1 atom stereocenters. The van der Waals surface area contributed by atoms with Gasteiger partial charge in [-0.25, -0.2) is 0 Å². The maximum Gasteiger partial charge on any atom is 0.110 e. The number of hydrogen-bond acceptors (Lipinski definition) is 2. The van der Waals surface area contributed by atoms with Crippen LogP contribution in [-0.2, 0) is 0 Å². The van der Waals surface area contributed by atoms with Gasteiger partial charge in [-0.15, -0.1) is 0 Å². The van der Waals surface area contributed by atoms with E-state index in [9.17, 15) is 5.11 Å². The summed E-state index contributed by atoms with van der Waals surface area (Å²) in [4.78, 5) is 0. The molecule has 2 N–H and O–H groups in total. The molecule has 0 amide bonds.